The SMILES string of the molecule is O=C1C=C2C(C3CC4=C(C5CC6=CC(=O)OC67CC5N5CCCCC57)C(=O)OC45CC3N3CCCC35)=CC3CC2(O1)C1CCCN31. The Morgan fingerprint density at radius 2 is 1.33 bits per heavy atom. The number of fused-ring (bicyclic) bond motifs is 9. The van der Waals surface area contributed by atoms with Crippen molar-refractivity contribution in [1.29, 1.82) is 0 Å². The van der Waals surface area contributed by atoms with Gasteiger partial charge in [-0.15, -0.1) is 0 Å². The molecular weight excluding hydrogens is 582 g/mol. The highest BCUT2D eigenvalue weighted by molar-refractivity contribution is 5.95. The second-order valence-electron chi connectivity index (χ2n) is 16.6. The van der Waals surface area contributed by atoms with Gasteiger partial charge < -0.3 is 14.2 Å². The summed E-state index contributed by atoms with van der Waals surface area (Å²) in [6.45, 7) is 3.10. The lowest BCUT2D eigenvalue weighted by atomic mass is 9.63. The third kappa shape index (κ3) is 2.81. The summed E-state index contributed by atoms with van der Waals surface area (Å²) in [5.41, 5.74) is 4.16. The van der Waals surface area contributed by atoms with Crippen LogP contribution in [-0.4, -0.2) is 105 Å². The second kappa shape index (κ2) is 8.27. The largest absolute Gasteiger partial charge is 0.450 e. The molecule has 9 aliphatic heterocycles. The Morgan fingerprint density at radius 1 is 0.652 bits per heavy atom. The molecule has 0 radical (unpaired) electrons. The molecule has 11 atom stereocenters. The van der Waals surface area contributed by atoms with Gasteiger partial charge in [-0.3, -0.25) is 14.7 Å². The number of esters is 3. The van der Waals surface area contributed by atoms with Crippen LogP contribution in [0.1, 0.15) is 77.0 Å². The third-order valence-electron chi connectivity index (χ3n) is 15.3. The Bertz CT molecular complexity index is 1690. The first-order valence-corrected chi connectivity index (χ1v) is 18.3. The summed E-state index contributed by atoms with van der Waals surface area (Å²) in [5, 5.41) is 0. The molecule has 0 aromatic rings. The average molecular weight is 624 g/mol. The molecule has 46 heavy (non-hydrogen) atoms. The fraction of sp³-hybridized carbons (Fsp3) is 0.703. The zero-order valence-electron chi connectivity index (χ0n) is 26.2. The monoisotopic (exact) mass is 623 g/mol. The standard InChI is InChI=1S/C37H41N3O6/c41-31-12-19-11-23(27-17-35(19,44-31)28-5-1-2-8-39(27)28)33-25-14-22(26-18-37(25,46-34(33)43)30-7-4-10-40(26)30)21-13-20-16-36(24(21)15-32(42)45-36)29-6-3-9-38(20)29/h12-13,15,20,22-23,26-30H,1-11,14,16-18H2. The Morgan fingerprint density at radius 3 is 2.20 bits per heavy atom. The molecule has 6 saturated heterocycles. The van der Waals surface area contributed by atoms with Gasteiger partial charge in [0.1, 0.15) is 0 Å². The van der Waals surface area contributed by atoms with Crippen LogP contribution in [0.5, 0.6) is 0 Å². The van der Waals surface area contributed by atoms with E-state index in [4.69, 9.17) is 14.2 Å². The van der Waals surface area contributed by atoms with Gasteiger partial charge in [-0.1, -0.05) is 12.5 Å². The molecule has 6 bridgehead atoms. The van der Waals surface area contributed by atoms with Gasteiger partial charge in [-0.2, -0.15) is 0 Å². The summed E-state index contributed by atoms with van der Waals surface area (Å²) < 4.78 is 19.3. The highest BCUT2D eigenvalue weighted by Crippen LogP contribution is 2.65. The molecule has 0 N–H and O–H groups in total. The number of hydrogen-bond donors (Lipinski definition) is 0. The van der Waals surface area contributed by atoms with Crippen LogP contribution in [0.25, 0.3) is 0 Å². The predicted octanol–water partition coefficient (Wildman–Crippen LogP) is 3.10. The quantitative estimate of drug-likeness (QED) is 0.340. The van der Waals surface area contributed by atoms with Gasteiger partial charge >= 0.3 is 17.9 Å². The third-order valence-corrected chi connectivity index (χ3v) is 15.3. The van der Waals surface area contributed by atoms with E-state index >= 15 is 0 Å². The van der Waals surface area contributed by atoms with Crippen molar-refractivity contribution in [2.24, 2.45) is 11.8 Å². The van der Waals surface area contributed by atoms with E-state index in [0.29, 0.717) is 12.5 Å². The van der Waals surface area contributed by atoms with E-state index < -0.39 is 16.8 Å². The van der Waals surface area contributed by atoms with Crippen molar-refractivity contribution in [2.45, 2.75) is 130 Å². The molecule has 3 aliphatic carbocycles. The van der Waals surface area contributed by atoms with E-state index in [1.807, 2.05) is 6.08 Å². The van der Waals surface area contributed by atoms with Crippen molar-refractivity contribution in [3.05, 3.63) is 46.1 Å². The molecule has 0 amide bonds. The topological polar surface area (TPSA) is 88.6 Å². The van der Waals surface area contributed by atoms with E-state index in [0.717, 1.165) is 107 Å². The molecule has 9 heteroatoms. The predicted molar refractivity (Wildman–Crippen MR) is 163 cm³/mol. The van der Waals surface area contributed by atoms with Crippen LogP contribution in [0.15, 0.2) is 46.1 Å². The summed E-state index contributed by atoms with van der Waals surface area (Å²) in [5.74, 6) is -0.299. The zero-order chi connectivity index (χ0) is 30.3. The Hall–Kier alpha value is -2.75. The minimum Gasteiger partial charge on any atom is -0.450 e. The number of piperidine rings is 1. The summed E-state index contributed by atoms with van der Waals surface area (Å²) in [7, 11) is 0. The zero-order valence-corrected chi connectivity index (χ0v) is 26.2. The van der Waals surface area contributed by atoms with Gasteiger partial charge in [0.05, 0.1) is 18.1 Å². The number of nitrogens with zero attached hydrogens (tertiary/aromatic N) is 3. The Balaban J connectivity index is 1.01. The molecule has 11 unspecified atom stereocenters. The van der Waals surface area contributed by atoms with Crippen LogP contribution in [0, 0.1) is 11.8 Å². The van der Waals surface area contributed by atoms with Crippen molar-refractivity contribution in [2.75, 3.05) is 19.6 Å². The van der Waals surface area contributed by atoms with Crippen LogP contribution in [-0.2, 0) is 28.6 Å². The van der Waals surface area contributed by atoms with Crippen LogP contribution in [0.4, 0.5) is 0 Å². The van der Waals surface area contributed by atoms with Crippen molar-refractivity contribution < 1.29 is 28.6 Å². The van der Waals surface area contributed by atoms with Gasteiger partial charge in [-0.25, -0.2) is 14.4 Å². The Labute approximate surface area is 268 Å². The van der Waals surface area contributed by atoms with Crippen LogP contribution in [0.3, 0.4) is 0 Å². The first-order chi connectivity index (χ1) is 22.4. The van der Waals surface area contributed by atoms with Crippen LogP contribution in [0.2, 0.25) is 0 Å². The highest BCUT2D eigenvalue weighted by Gasteiger charge is 2.71. The molecule has 240 valence electrons. The molecule has 3 spiro atoms. The first kappa shape index (κ1) is 26.2. The number of ether oxygens (including phenoxy) is 3. The van der Waals surface area contributed by atoms with Gasteiger partial charge in [0.25, 0.3) is 0 Å². The maximum absolute atomic E-state index is 14.4. The molecule has 9 heterocycles. The summed E-state index contributed by atoms with van der Waals surface area (Å²) in [4.78, 5) is 48.2. The smallest absolute Gasteiger partial charge is 0.335 e. The summed E-state index contributed by atoms with van der Waals surface area (Å²) >= 11 is 0. The molecule has 12 aliphatic rings. The molecular formula is C37H41N3O6. The minimum absolute atomic E-state index is 0.00966. The van der Waals surface area contributed by atoms with Crippen molar-refractivity contribution in [3.63, 3.8) is 0 Å². The number of hydrogen-bond acceptors (Lipinski definition) is 9. The average Bonchev–Trinajstić information content (AvgIpc) is 3.89. The lowest BCUT2D eigenvalue weighted by Crippen LogP contribution is -2.48. The second-order valence-corrected chi connectivity index (χ2v) is 16.6. The molecule has 0 aromatic carbocycles. The van der Waals surface area contributed by atoms with E-state index in [-0.39, 0.29) is 60.0 Å². The van der Waals surface area contributed by atoms with Crippen molar-refractivity contribution >= 4 is 17.9 Å². The highest BCUT2D eigenvalue weighted by atomic mass is 16.6. The lowest BCUT2D eigenvalue weighted by molar-refractivity contribution is -0.150. The maximum Gasteiger partial charge on any atom is 0.335 e. The van der Waals surface area contributed by atoms with Crippen molar-refractivity contribution in [1.82, 2.24) is 14.7 Å². The molecule has 9 nitrogen and oxygen atoms in total. The number of carbonyl (C=O) groups excluding carboxylic acids is 3. The molecule has 0 aromatic heterocycles. The van der Waals surface area contributed by atoms with Gasteiger partial charge in [0.2, 0.25) is 0 Å². The van der Waals surface area contributed by atoms with E-state index in [1.165, 1.54) is 11.1 Å². The molecule has 12 rings (SSSR count). The number of carbonyl (C=O) groups is 3. The summed E-state index contributed by atoms with van der Waals surface area (Å²) in [6.07, 6.45) is 17.9. The Kier molecular flexibility index (Phi) is 4.71. The van der Waals surface area contributed by atoms with Crippen molar-refractivity contribution in [3.8, 4) is 0 Å². The fourth-order valence-corrected chi connectivity index (χ4v) is 14.0. The lowest BCUT2D eigenvalue weighted by Gasteiger charge is -2.42. The number of rotatable bonds is 2. The normalized spacial score (nSPS) is 51.1. The molecule has 8 fully saturated rings. The summed E-state index contributed by atoms with van der Waals surface area (Å²) in [6, 6.07) is 1.47. The van der Waals surface area contributed by atoms with E-state index in [1.54, 1.807) is 6.08 Å². The van der Waals surface area contributed by atoms with E-state index in [2.05, 4.69) is 20.8 Å². The van der Waals surface area contributed by atoms with Crippen LogP contribution >= 0.6 is 0 Å². The van der Waals surface area contributed by atoms with Gasteiger partial charge in [-0.05, 0) is 87.7 Å². The van der Waals surface area contributed by atoms with Crippen LogP contribution < -0.4 is 0 Å². The first-order valence-electron chi connectivity index (χ1n) is 18.3. The van der Waals surface area contributed by atoms with Gasteiger partial charge in [0, 0.05) is 72.5 Å². The minimum atomic E-state index is -0.544. The van der Waals surface area contributed by atoms with E-state index in [9.17, 15) is 14.4 Å². The fourth-order valence-electron chi connectivity index (χ4n) is 14.0. The molecule has 2 saturated carbocycles. The van der Waals surface area contributed by atoms with Gasteiger partial charge in [0.15, 0.2) is 16.8 Å². The maximum atomic E-state index is 14.4.